The third-order valence-electron chi connectivity index (χ3n) is 6.34. The highest BCUT2D eigenvalue weighted by Crippen LogP contribution is 2.30. The number of rotatable bonds is 9. The Morgan fingerprint density at radius 2 is 1.41 bits per heavy atom. The van der Waals surface area contributed by atoms with E-state index in [0.29, 0.717) is 22.8 Å². The lowest BCUT2D eigenvalue weighted by molar-refractivity contribution is 0.521. The van der Waals surface area contributed by atoms with Gasteiger partial charge in [-0.15, -0.1) is 0 Å². The molecule has 0 aliphatic carbocycles. The van der Waals surface area contributed by atoms with Crippen molar-refractivity contribution in [2.75, 3.05) is 0 Å². The lowest BCUT2D eigenvalue weighted by Gasteiger charge is -2.09. The molecule has 32 heavy (non-hydrogen) atoms. The van der Waals surface area contributed by atoms with E-state index in [9.17, 15) is 4.79 Å². The Labute approximate surface area is 189 Å². The summed E-state index contributed by atoms with van der Waals surface area (Å²) >= 11 is 0. The molecule has 0 aliphatic rings. The molecule has 3 heteroatoms. The molecule has 4 aromatic rings. The highest BCUT2D eigenvalue weighted by Gasteiger charge is 2.15. The van der Waals surface area contributed by atoms with Crippen LogP contribution in [0.1, 0.15) is 63.0 Å². The normalized spacial score (nSPS) is 11.5. The predicted molar refractivity (Wildman–Crippen MR) is 132 cm³/mol. The Bertz CT molecular complexity index is 1270. The summed E-state index contributed by atoms with van der Waals surface area (Å²) in [5.74, 6) is -0.393. The van der Waals surface area contributed by atoms with E-state index >= 15 is 4.39 Å². The van der Waals surface area contributed by atoms with Crippen LogP contribution in [-0.2, 0) is 6.42 Å². The second-order valence-corrected chi connectivity index (χ2v) is 8.80. The maximum atomic E-state index is 15.2. The van der Waals surface area contributed by atoms with Gasteiger partial charge in [-0.05, 0) is 42.5 Å². The van der Waals surface area contributed by atoms with E-state index in [1.165, 1.54) is 37.7 Å². The van der Waals surface area contributed by atoms with Gasteiger partial charge in [0.05, 0.1) is 5.39 Å². The van der Waals surface area contributed by atoms with Gasteiger partial charge < -0.3 is 4.42 Å². The molecule has 0 N–H and O–H groups in total. The van der Waals surface area contributed by atoms with Crippen LogP contribution >= 0.6 is 0 Å². The molecule has 0 radical (unpaired) electrons. The standard InChI is InChI=1S/C29H31FO2/c1-3-4-5-6-7-8-9-10-22-15-18-25-24-17-16-23(21-13-11-20(2)12-14-21)19-26(24)29(31)32-28(25)27(22)30/h11-19H,3-10H2,1-2H3. The molecule has 0 aliphatic heterocycles. The second-order valence-electron chi connectivity index (χ2n) is 8.80. The first-order chi connectivity index (χ1) is 15.6. The first-order valence-corrected chi connectivity index (χ1v) is 11.8. The number of fused-ring (bicyclic) bond motifs is 3. The largest absolute Gasteiger partial charge is 0.419 e. The van der Waals surface area contributed by atoms with Crippen molar-refractivity contribution in [1.29, 1.82) is 0 Å². The van der Waals surface area contributed by atoms with Gasteiger partial charge in [0.25, 0.3) is 0 Å². The number of halogens is 1. The van der Waals surface area contributed by atoms with Gasteiger partial charge in [0.15, 0.2) is 11.4 Å². The number of hydrogen-bond donors (Lipinski definition) is 0. The van der Waals surface area contributed by atoms with Crippen molar-refractivity contribution in [2.45, 2.75) is 65.2 Å². The van der Waals surface area contributed by atoms with E-state index in [1.54, 1.807) is 0 Å². The zero-order valence-electron chi connectivity index (χ0n) is 19.0. The van der Waals surface area contributed by atoms with Crippen molar-refractivity contribution < 1.29 is 8.81 Å². The quantitative estimate of drug-likeness (QED) is 0.152. The van der Waals surface area contributed by atoms with E-state index in [4.69, 9.17) is 4.42 Å². The van der Waals surface area contributed by atoms with Crippen molar-refractivity contribution in [3.05, 3.63) is 82.0 Å². The number of aryl methyl sites for hydroxylation is 2. The van der Waals surface area contributed by atoms with Gasteiger partial charge in [-0.3, -0.25) is 0 Å². The summed E-state index contributed by atoms with van der Waals surface area (Å²) < 4.78 is 20.7. The smallest absolute Gasteiger partial charge is 0.344 e. The van der Waals surface area contributed by atoms with Gasteiger partial charge in [-0.1, -0.05) is 99.5 Å². The Morgan fingerprint density at radius 1 is 0.750 bits per heavy atom. The minimum atomic E-state index is -0.492. The molecule has 2 nitrogen and oxygen atoms in total. The average Bonchev–Trinajstić information content (AvgIpc) is 2.80. The summed E-state index contributed by atoms with van der Waals surface area (Å²) in [4.78, 5) is 12.7. The fourth-order valence-corrected chi connectivity index (χ4v) is 4.40. The van der Waals surface area contributed by atoms with Crippen LogP contribution in [0.5, 0.6) is 0 Å². The predicted octanol–water partition coefficient (Wildman–Crippen LogP) is 8.35. The molecule has 0 saturated heterocycles. The van der Waals surface area contributed by atoms with Gasteiger partial charge in [-0.2, -0.15) is 0 Å². The Morgan fingerprint density at radius 3 is 2.16 bits per heavy atom. The molecule has 0 atom stereocenters. The number of unbranched alkanes of at least 4 members (excludes halogenated alkanes) is 6. The molecule has 0 fully saturated rings. The monoisotopic (exact) mass is 430 g/mol. The summed E-state index contributed by atoms with van der Waals surface area (Å²) in [6.45, 7) is 4.26. The molecule has 1 heterocycles. The first kappa shape index (κ1) is 22.3. The van der Waals surface area contributed by atoms with Crippen LogP contribution in [-0.4, -0.2) is 0 Å². The molecule has 0 spiro atoms. The molecular formula is C29H31FO2. The highest BCUT2D eigenvalue weighted by molar-refractivity contribution is 6.05. The lowest BCUT2D eigenvalue weighted by Crippen LogP contribution is -2.03. The topological polar surface area (TPSA) is 30.2 Å². The van der Waals surface area contributed by atoms with Gasteiger partial charge in [0, 0.05) is 10.8 Å². The SMILES string of the molecule is CCCCCCCCCc1ccc2c(oc(=O)c3cc(-c4ccc(C)cc4)ccc32)c1F. The fourth-order valence-electron chi connectivity index (χ4n) is 4.40. The van der Waals surface area contributed by atoms with Crippen LogP contribution in [0.25, 0.3) is 32.9 Å². The van der Waals surface area contributed by atoms with E-state index < -0.39 is 11.4 Å². The van der Waals surface area contributed by atoms with Crippen LogP contribution in [0.3, 0.4) is 0 Å². The van der Waals surface area contributed by atoms with Crippen molar-refractivity contribution in [3.8, 4) is 11.1 Å². The fraction of sp³-hybridized carbons (Fsp3) is 0.345. The third-order valence-corrected chi connectivity index (χ3v) is 6.34. The van der Waals surface area contributed by atoms with E-state index in [-0.39, 0.29) is 5.58 Å². The Hall–Kier alpha value is -2.94. The van der Waals surface area contributed by atoms with Crippen molar-refractivity contribution in [2.24, 2.45) is 0 Å². The van der Waals surface area contributed by atoms with Gasteiger partial charge in [0.2, 0.25) is 0 Å². The van der Waals surface area contributed by atoms with Crippen LogP contribution in [0.15, 0.2) is 63.8 Å². The minimum Gasteiger partial charge on any atom is -0.419 e. The summed E-state index contributed by atoms with van der Waals surface area (Å²) in [6.07, 6.45) is 8.98. The molecule has 0 saturated carbocycles. The minimum absolute atomic E-state index is 0.0750. The summed E-state index contributed by atoms with van der Waals surface area (Å²) in [5, 5.41) is 1.86. The molecule has 0 bridgehead atoms. The van der Waals surface area contributed by atoms with Crippen molar-refractivity contribution >= 4 is 21.7 Å². The van der Waals surface area contributed by atoms with Crippen molar-refractivity contribution in [1.82, 2.24) is 0 Å². The maximum absolute atomic E-state index is 15.2. The second kappa shape index (κ2) is 10.1. The zero-order chi connectivity index (χ0) is 22.5. The summed E-state index contributed by atoms with van der Waals surface area (Å²) in [7, 11) is 0. The molecule has 0 unspecified atom stereocenters. The zero-order valence-corrected chi connectivity index (χ0v) is 19.0. The number of benzene rings is 3. The van der Waals surface area contributed by atoms with Gasteiger partial charge >= 0.3 is 5.63 Å². The summed E-state index contributed by atoms with van der Waals surface area (Å²) in [6, 6.07) is 17.6. The van der Waals surface area contributed by atoms with Crippen LogP contribution in [0.4, 0.5) is 4.39 Å². The highest BCUT2D eigenvalue weighted by atomic mass is 19.1. The van der Waals surface area contributed by atoms with E-state index in [2.05, 4.69) is 6.92 Å². The molecule has 4 rings (SSSR count). The Kier molecular flexibility index (Phi) is 7.04. The van der Waals surface area contributed by atoms with E-state index in [0.717, 1.165) is 29.4 Å². The summed E-state index contributed by atoms with van der Waals surface area (Å²) in [5.41, 5.74) is 3.38. The van der Waals surface area contributed by atoms with Gasteiger partial charge in [-0.25, -0.2) is 9.18 Å². The molecule has 1 aromatic heterocycles. The van der Waals surface area contributed by atoms with Crippen molar-refractivity contribution in [3.63, 3.8) is 0 Å². The Balaban J connectivity index is 1.59. The third kappa shape index (κ3) is 4.77. The molecule has 3 aromatic carbocycles. The number of hydrogen-bond acceptors (Lipinski definition) is 2. The lowest BCUT2D eigenvalue weighted by atomic mass is 9.98. The van der Waals surface area contributed by atoms with Crippen LogP contribution in [0, 0.1) is 12.7 Å². The maximum Gasteiger partial charge on any atom is 0.344 e. The molecular weight excluding hydrogens is 399 g/mol. The molecule has 166 valence electrons. The van der Waals surface area contributed by atoms with Crippen LogP contribution in [0.2, 0.25) is 0 Å². The van der Waals surface area contributed by atoms with Gasteiger partial charge in [0.1, 0.15) is 0 Å². The van der Waals surface area contributed by atoms with E-state index in [1.807, 2.05) is 61.5 Å². The average molecular weight is 431 g/mol. The first-order valence-electron chi connectivity index (χ1n) is 11.8. The van der Waals surface area contributed by atoms with Crippen LogP contribution < -0.4 is 5.63 Å². The molecule has 0 amide bonds.